The van der Waals surface area contributed by atoms with Crippen LogP contribution in [-0.4, -0.2) is 19.0 Å². The van der Waals surface area contributed by atoms with Gasteiger partial charge in [-0.2, -0.15) is 0 Å². The van der Waals surface area contributed by atoms with E-state index in [0.29, 0.717) is 17.8 Å². The van der Waals surface area contributed by atoms with Crippen LogP contribution >= 0.6 is 0 Å². The Morgan fingerprint density at radius 1 is 1.40 bits per heavy atom. The zero-order chi connectivity index (χ0) is 14.4. The average molecular weight is 273 g/mol. The van der Waals surface area contributed by atoms with Crippen LogP contribution in [0.5, 0.6) is 0 Å². The Morgan fingerprint density at radius 3 is 2.95 bits per heavy atom. The van der Waals surface area contributed by atoms with Crippen LogP contribution in [0.4, 0.5) is 11.4 Å². The van der Waals surface area contributed by atoms with Crippen molar-refractivity contribution in [2.75, 3.05) is 24.1 Å². The van der Waals surface area contributed by atoms with Crippen molar-refractivity contribution in [1.82, 2.24) is 5.32 Å². The molecule has 0 radical (unpaired) electrons. The van der Waals surface area contributed by atoms with Crippen LogP contribution in [0.15, 0.2) is 29.8 Å². The number of benzene rings is 1. The summed E-state index contributed by atoms with van der Waals surface area (Å²) < 4.78 is 0. The lowest BCUT2D eigenvalue weighted by Gasteiger charge is -2.13. The number of carbonyl (C=O) groups excluding carboxylic acids is 1. The second kappa shape index (κ2) is 6.98. The minimum atomic E-state index is -0.0601. The summed E-state index contributed by atoms with van der Waals surface area (Å²) in [5, 5.41) is 6.16. The van der Waals surface area contributed by atoms with E-state index >= 15 is 0 Å². The standard InChI is InChI=1S/C16H23N3O/c1-2-18-16(20)14-8-7-13(17)11-15(14)19-10-9-12-5-3-4-6-12/h5,7-8,11,19H,2-4,6,9-10,17H2,1H3,(H,18,20). The molecule has 0 heterocycles. The van der Waals surface area contributed by atoms with Crippen molar-refractivity contribution in [2.24, 2.45) is 0 Å². The summed E-state index contributed by atoms with van der Waals surface area (Å²) in [6.45, 7) is 3.37. The van der Waals surface area contributed by atoms with Crippen molar-refractivity contribution in [2.45, 2.75) is 32.6 Å². The van der Waals surface area contributed by atoms with Gasteiger partial charge in [0.15, 0.2) is 0 Å². The number of amides is 1. The molecule has 0 aromatic heterocycles. The van der Waals surface area contributed by atoms with Gasteiger partial charge in [-0.05, 0) is 50.8 Å². The largest absolute Gasteiger partial charge is 0.399 e. The quantitative estimate of drug-likeness (QED) is 0.551. The molecule has 1 aromatic carbocycles. The van der Waals surface area contributed by atoms with E-state index in [9.17, 15) is 4.79 Å². The van der Waals surface area contributed by atoms with E-state index in [2.05, 4.69) is 16.7 Å². The zero-order valence-corrected chi connectivity index (χ0v) is 12.0. The van der Waals surface area contributed by atoms with Crippen LogP contribution in [0.3, 0.4) is 0 Å². The van der Waals surface area contributed by atoms with Gasteiger partial charge in [0, 0.05) is 24.5 Å². The van der Waals surface area contributed by atoms with E-state index in [0.717, 1.165) is 18.7 Å². The van der Waals surface area contributed by atoms with Gasteiger partial charge in [0.25, 0.3) is 5.91 Å². The Kier molecular flexibility index (Phi) is 5.04. The number of allylic oxidation sites excluding steroid dienone is 1. The van der Waals surface area contributed by atoms with E-state index in [1.807, 2.05) is 13.0 Å². The molecule has 0 spiro atoms. The van der Waals surface area contributed by atoms with Crippen LogP contribution in [0.25, 0.3) is 0 Å². The summed E-state index contributed by atoms with van der Waals surface area (Å²) in [5.74, 6) is -0.0601. The number of nitrogen functional groups attached to an aromatic ring is 1. The van der Waals surface area contributed by atoms with Crippen molar-refractivity contribution in [1.29, 1.82) is 0 Å². The lowest BCUT2D eigenvalue weighted by Crippen LogP contribution is -2.24. The predicted molar refractivity (Wildman–Crippen MR) is 83.9 cm³/mol. The highest BCUT2D eigenvalue weighted by molar-refractivity contribution is 6.00. The highest BCUT2D eigenvalue weighted by Crippen LogP contribution is 2.22. The summed E-state index contributed by atoms with van der Waals surface area (Å²) in [7, 11) is 0. The van der Waals surface area contributed by atoms with Gasteiger partial charge in [-0.1, -0.05) is 11.6 Å². The van der Waals surface area contributed by atoms with E-state index in [1.165, 1.54) is 24.8 Å². The Morgan fingerprint density at radius 2 is 2.25 bits per heavy atom. The van der Waals surface area contributed by atoms with E-state index in [4.69, 9.17) is 5.73 Å². The molecule has 4 heteroatoms. The maximum atomic E-state index is 12.0. The summed E-state index contributed by atoms with van der Waals surface area (Å²) >= 11 is 0. The van der Waals surface area contributed by atoms with Crippen LogP contribution in [0.2, 0.25) is 0 Å². The predicted octanol–water partition coefficient (Wildman–Crippen LogP) is 2.93. The van der Waals surface area contributed by atoms with E-state index in [1.54, 1.807) is 12.1 Å². The lowest BCUT2D eigenvalue weighted by molar-refractivity contribution is 0.0956. The fourth-order valence-corrected chi connectivity index (χ4v) is 2.48. The van der Waals surface area contributed by atoms with Crippen LogP contribution in [0, 0.1) is 0 Å². The minimum Gasteiger partial charge on any atom is -0.399 e. The molecule has 2 rings (SSSR count). The Bertz CT molecular complexity index is 508. The maximum Gasteiger partial charge on any atom is 0.253 e. The van der Waals surface area contributed by atoms with Gasteiger partial charge in [0.2, 0.25) is 0 Å². The van der Waals surface area contributed by atoms with Crippen LogP contribution in [-0.2, 0) is 0 Å². The number of nitrogens with two attached hydrogens (primary N) is 1. The SMILES string of the molecule is CCNC(=O)c1ccc(N)cc1NCCC1=CCCC1. The third-order valence-electron chi connectivity index (χ3n) is 3.52. The molecule has 4 N–H and O–H groups in total. The van der Waals surface area contributed by atoms with Gasteiger partial charge in [-0.25, -0.2) is 0 Å². The first-order valence-corrected chi connectivity index (χ1v) is 7.30. The molecule has 0 fully saturated rings. The molecule has 0 saturated carbocycles. The summed E-state index contributed by atoms with van der Waals surface area (Å²) in [6.07, 6.45) is 7.05. The zero-order valence-electron chi connectivity index (χ0n) is 12.0. The van der Waals surface area contributed by atoms with E-state index in [-0.39, 0.29) is 5.91 Å². The smallest absolute Gasteiger partial charge is 0.253 e. The second-order valence-corrected chi connectivity index (χ2v) is 5.10. The van der Waals surface area contributed by atoms with Crippen molar-refractivity contribution in [3.63, 3.8) is 0 Å². The molecule has 1 aliphatic rings. The van der Waals surface area contributed by atoms with Crippen molar-refractivity contribution in [3.05, 3.63) is 35.4 Å². The molecule has 108 valence electrons. The molecule has 20 heavy (non-hydrogen) atoms. The third-order valence-corrected chi connectivity index (χ3v) is 3.52. The van der Waals surface area contributed by atoms with E-state index < -0.39 is 0 Å². The molecule has 0 saturated heterocycles. The second-order valence-electron chi connectivity index (χ2n) is 5.10. The number of hydrogen-bond donors (Lipinski definition) is 3. The number of carbonyl (C=O) groups is 1. The summed E-state index contributed by atoms with van der Waals surface area (Å²) in [6, 6.07) is 5.36. The first-order valence-electron chi connectivity index (χ1n) is 7.30. The van der Waals surface area contributed by atoms with Crippen LogP contribution in [0.1, 0.15) is 43.0 Å². The van der Waals surface area contributed by atoms with Crippen molar-refractivity contribution < 1.29 is 4.79 Å². The number of hydrogen-bond acceptors (Lipinski definition) is 3. The number of nitrogens with one attached hydrogen (secondary N) is 2. The highest BCUT2D eigenvalue weighted by Gasteiger charge is 2.11. The third kappa shape index (κ3) is 3.76. The van der Waals surface area contributed by atoms with Gasteiger partial charge in [0.05, 0.1) is 5.56 Å². The molecule has 0 atom stereocenters. The number of rotatable bonds is 6. The first kappa shape index (κ1) is 14.4. The Balaban J connectivity index is 2.01. The van der Waals surface area contributed by atoms with Gasteiger partial charge in [-0.3, -0.25) is 4.79 Å². The van der Waals surface area contributed by atoms with Crippen molar-refractivity contribution in [3.8, 4) is 0 Å². The molecule has 0 bridgehead atoms. The molecular weight excluding hydrogens is 250 g/mol. The maximum absolute atomic E-state index is 12.0. The topological polar surface area (TPSA) is 67.2 Å². The van der Waals surface area contributed by atoms with Gasteiger partial charge < -0.3 is 16.4 Å². The van der Waals surface area contributed by atoms with Crippen molar-refractivity contribution >= 4 is 17.3 Å². The fourth-order valence-electron chi connectivity index (χ4n) is 2.48. The molecule has 0 unspecified atom stereocenters. The summed E-state index contributed by atoms with van der Waals surface area (Å²) in [4.78, 5) is 12.0. The van der Waals surface area contributed by atoms with Crippen LogP contribution < -0.4 is 16.4 Å². The normalized spacial score (nSPS) is 13.9. The molecular formula is C16H23N3O. The molecule has 1 amide bonds. The lowest BCUT2D eigenvalue weighted by atomic mass is 10.1. The first-order chi connectivity index (χ1) is 9.70. The van der Waals surface area contributed by atoms with Gasteiger partial charge in [0.1, 0.15) is 0 Å². The Hall–Kier alpha value is -1.97. The average Bonchev–Trinajstić information content (AvgIpc) is 2.92. The van der Waals surface area contributed by atoms with Gasteiger partial charge >= 0.3 is 0 Å². The highest BCUT2D eigenvalue weighted by atomic mass is 16.1. The fraction of sp³-hybridized carbons (Fsp3) is 0.438. The van der Waals surface area contributed by atoms with Gasteiger partial charge in [-0.15, -0.1) is 0 Å². The monoisotopic (exact) mass is 273 g/mol. The molecule has 1 aromatic rings. The molecule has 0 aliphatic heterocycles. The minimum absolute atomic E-state index is 0.0601. The Labute approximate surface area is 120 Å². The molecule has 4 nitrogen and oxygen atoms in total. The summed E-state index contributed by atoms with van der Waals surface area (Å²) in [5.41, 5.74) is 9.46. The number of anilines is 2. The molecule has 1 aliphatic carbocycles.